The van der Waals surface area contributed by atoms with Crippen LogP contribution in [0.1, 0.15) is 55.8 Å². The van der Waals surface area contributed by atoms with Gasteiger partial charge in [-0.15, -0.1) is 0 Å². The van der Waals surface area contributed by atoms with Gasteiger partial charge in [0.2, 0.25) is 0 Å². The molecule has 6 heteroatoms. The van der Waals surface area contributed by atoms with Crippen molar-refractivity contribution in [3.63, 3.8) is 0 Å². The molecule has 0 bridgehead atoms. The average Bonchev–Trinajstić information content (AvgIpc) is 2.78. The van der Waals surface area contributed by atoms with Crippen molar-refractivity contribution < 1.29 is 13.2 Å². The van der Waals surface area contributed by atoms with Crippen LogP contribution in [-0.4, -0.2) is 27.0 Å². The van der Waals surface area contributed by atoms with Gasteiger partial charge >= 0.3 is 6.18 Å². The van der Waals surface area contributed by atoms with E-state index >= 15 is 0 Å². The van der Waals surface area contributed by atoms with Crippen molar-refractivity contribution in [1.29, 1.82) is 0 Å². The molecule has 2 aromatic heterocycles. The second-order valence-electron chi connectivity index (χ2n) is 7.30. The molecule has 0 amide bonds. The molecule has 0 spiro atoms. The molecule has 1 saturated carbocycles. The Morgan fingerprint density at radius 3 is 2.54 bits per heavy atom. The Labute approximate surface area is 139 Å². The fraction of sp³-hybridized carbons (Fsp3) is 0.611. The van der Waals surface area contributed by atoms with Crippen LogP contribution in [0.2, 0.25) is 0 Å². The second-order valence-corrected chi connectivity index (χ2v) is 7.30. The molecular formula is C18H22F3N3. The summed E-state index contributed by atoms with van der Waals surface area (Å²) in [6, 6.07) is 1.76. The zero-order valence-electron chi connectivity index (χ0n) is 14.0. The van der Waals surface area contributed by atoms with Crippen LogP contribution in [0, 0.1) is 0 Å². The zero-order chi connectivity index (χ0) is 17.1. The largest absolute Gasteiger partial charge is 0.417 e. The Balaban J connectivity index is 1.90. The van der Waals surface area contributed by atoms with E-state index in [0.717, 1.165) is 61.7 Å². The summed E-state index contributed by atoms with van der Waals surface area (Å²) in [7, 11) is 0. The predicted octanol–water partition coefficient (Wildman–Crippen LogP) is 4.55. The van der Waals surface area contributed by atoms with Crippen molar-refractivity contribution in [2.24, 2.45) is 0 Å². The first-order valence-corrected chi connectivity index (χ1v) is 8.68. The summed E-state index contributed by atoms with van der Waals surface area (Å²) in [5, 5.41) is 0.718. The topological polar surface area (TPSA) is 21.1 Å². The highest BCUT2D eigenvalue weighted by atomic mass is 19.4. The number of hydrogen-bond acceptors (Lipinski definition) is 2. The van der Waals surface area contributed by atoms with Crippen molar-refractivity contribution in [2.75, 3.05) is 6.54 Å². The summed E-state index contributed by atoms with van der Waals surface area (Å²) < 4.78 is 41.6. The highest BCUT2D eigenvalue weighted by Crippen LogP contribution is 2.44. The van der Waals surface area contributed by atoms with Crippen LogP contribution in [0.5, 0.6) is 0 Å². The Bertz CT molecular complexity index is 772. The van der Waals surface area contributed by atoms with E-state index in [-0.39, 0.29) is 0 Å². The van der Waals surface area contributed by atoms with E-state index in [1.54, 1.807) is 0 Å². The summed E-state index contributed by atoms with van der Waals surface area (Å²) >= 11 is 0. The average molecular weight is 337 g/mol. The van der Waals surface area contributed by atoms with E-state index in [1.165, 1.54) is 11.8 Å². The molecule has 24 heavy (non-hydrogen) atoms. The van der Waals surface area contributed by atoms with Crippen LogP contribution in [0.4, 0.5) is 13.2 Å². The van der Waals surface area contributed by atoms with Gasteiger partial charge in [0.25, 0.3) is 0 Å². The summed E-state index contributed by atoms with van der Waals surface area (Å²) in [5.41, 5.74) is 2.39. The lowest BCUT2D eigenvalue weighted by atomic mass is 9.78. The molecule has 0 radical (unpaired) electrons. The normalized spacial score (nSPS) is 19.8. The Morgan fingerprint density at radius 1 is 1.21 bits per heavy atom. The van der Waals surface area contributed by atoms with E-state index in [9.17, 15) is 13.2 Å². The summed E-state index contributed by atoms with van der Waals surface area (Å²) in [6.07, 6.45) is -0.0510. The SMILES string of the molecule is CC(C)N1CCn2c(c(C3CCC3)c3cc(C(F)(F)F)cnc32)C1. The quantitative estimate of drug-likeness (QED) is 0.802. The maximum Gasteiger partial charge on any atom is 0.417 e. The summed E-state index contributed by atoms with van der Waals surface area (Å²) in [4.78, 5) is 6.61. The number of rotatable bonds is 2. The van der Waals surface area contributed by atoms with Gasteiger partial charge in [-0.2, -0.15) is 13.2 Å². The van der Waals surface area contributed by atoms with E-state index in [2.05, 4.69) is 28.3 Å². The predicted molar refractivity (Wildman–Crippen MR) is 86.9 cm³/mol. The van der Waals surface area contributed by atoms with Crippen molar-refractivity contribution in [1.82, 2.24) is 14.5 Å². The number of aromatic nitrogens is 2. The Morgan fingerprint density at radius 2 is 1.96 bits per heavy atom. The Kier molecular flexibility index (Phi) is 3.64. The highest BCUT2D eigenvalue weighted by Gasteiger charge is 2.35. The molecule has 130 valence electrons. The summed E-state index contributed by atoms with van der Waals surface area (Å²) in [5.74, 6) is 0.390. The number of alkyl halides is 3. The highest BCUT2D eigenvalue weighted by molar-refractivity contribution is 5.84. The van der Waals surface area contributed by atoms with E-state index in [0.29, 0.717) is 12.0 Å². The molecule has 0 unspecified atom stereocenters. The van der Waals surface area contributed by atoms with Gasteiger partial charge in [-0.05, 0) is 44.2 Å². The van der Waals surface area contributed by atoms with Crippen molar-refractivity contribution >= 4 is 11.0 Å². The molecule has 0 saturated heterocycles. The third-order valence-corrected chi connectivity index (χ3v) is 5.58. The lowest BCUT2D eigenvalue weighted by molar-refractivity contribution is -0.137. The number of nitrogens with zero attached hydrogens (tertiary/aromatic N) is 3. The molecule has 0 atom stereocenters. The van der Waals surface area contributed by atoms with Gasteiger partial charge in [-0.25, -0.2) is 4.98 Å². The van der Waals surface area contributed by atoms with E-state index in [1.807, 2.05) is 0 Å². The van der Waals surface area contributed by atoms with Crippen molar-refractivity contribution in [3.8, 4) is 0 Å². The molecule has 4 rings (SSSR count). The maximum atomic E-state index is 13.1. The fourth-order valence-corrected chi connectivity index (χ4v) is 3.96. The molecule has 2 aliphatic rings. The van der Waals surface area contributed by atoms with Gasteiger partial charge in [-0.3, -0.25) is 4.90 Å². The minimum Gasteiger partial charge on any atom is -0.327 e. The minimum atomic E-state index is -4.34. The number of halogens is 3. The van der Waals surface area contributed by atoms with Crippen LogP contribution in [0.15, 0.2) is 12.3 Å². The van der Waals surface area contributed by atoms with Crippen LogP contribution in [0.25, 0.3) is 11.0 Å². The molecule has 1 aliphatic heterocycles. The van der Waals surface area contributed by atoms with Gasteiger partial charge in [0.1, 0.15) is 5.65 Å². The monoisotopic (exact) mass is 337 g/mol. The third-order valence-electron chi connectivity index (χ3n) is 5.58. The van der Waals surface area contributed by atoms with E-state index in [4.69, 9.17) is 0 Å². The standard InChI is InChI=1S/C18H22F3N3/c1-11(2)23-6-7-24-15(10-23)16(12-4-3-5-12)14-8-13(18(19,20)21)9-22-17(14)24/h8-9,11-12H,3-7,10H2,1-2H3. The lowest BCUT2D eigenvalue weighted by Crippen LogP contribution is -2.38. The van der Waals surface area contributed by atoms with Crippen LogP contribution < -0.4 is 0 Å². The third kappa shape index (κ3) is 2.42. The second kappa shape index (κ2) is 5.48. The molecule has 3 heterocycles. The van der Waals surface area contributed by atoms with Gasteiger partial charge in [0.05, 0.1) is 5.56 Å². The fourth-order valence-electron chi connectivity index (χ4n) is 3.96. The number of fused-ring (bicyclic) bond motifs is 3. The first-order chi connectivity index (χ1) is 11.4. The molecule has 0 N–H and O–H groups in total. The van der Waals surface area contributed by atoms with E-state index < -0.39 is 11.7 Å². The molecule has 0 aromatic carbocycles. The van der Waals surface area contributed by atoms with Crippen molar-refractivity contribution in [3.05, 3.63) is 29.1 Å². The smallest absolute Gasteiger partial charge is 0.327 e. The zero-order valence-corrected chi connectivity index (χ0v) is 14.0. The number of hydrogen-bond donors (Lipinski definition) is 0. The van der Waals surface area contributed by atoms with Crippen LogP contribution in [-0.2, 0) is 19.3 Å². The minimum absolute atomic E-state index is 0.390. The molecule has 1 fully saturated rings. The number of pyridine rings is 1. The van der Waals surface area contributed by atoms with Crippen LogP contribution in [0.3, 0.4) is 0 Å². The lowest BCUT2D eigenvalue weighted by Gasteiger charge is -2.34. The molecule has 2 aromatic rings. The maximum absolute atomic E-state index is 13.1. The molecular weight excluding hydrogens is 315 g/mol. The molecule has 1 aliphatic carbocycles. The first-order valence-electron chi connectivity index (χ1n) is 8.68. The van der Waals surface area contributed by atoms with Crippen molar-refractivity contribution in [2.45, 2.75) is 64.3 Å². The first kappa shape index (κ1) is 15.9. The summed E-state index contributed by atoms with van der Waals surface area (Å²) in [6.45, 7) is 6.86. The Hall–Kier alpha value is -1.56. The van der Waals surface area contributed by atoms with Gasteiger partial charge < -0.3 is 4.57 Å². The van der Waals surface area contributed by atoms with Gasteiger partial charge in [0.15, 0.2) is 0 Å². The van der Waals surface area contributed by atoms with Gasteiger partial charge in [0, 0.05) is 43.0 Å². The molecule has 3 nitrogen and oxygen atoms in total. The van der Waals surface area contributed by atoms with Gasteiger partial charge in [-0.1, -0.05) is 6.42 Å². The van der Waals surface area contributed by atoms with Crippen LogP contribution >= 0.6 is 0 Å².